The maximum Gasteiger partial charge on any atom is 0.119 e. The molecule has 4 heteroatoms. The lowest BCUT2D eigenvalue weighted by atomic mass is 10.1. The number of nitrogens with two attached hydrogens (primary N) is 1. The van der Waals surface area contributed by atoms with Gasteiger partial charge in [0, 0.05) is 13.1 Å². The average molecular weight is 271 g/mol. The Kier molecular flexibility index (Phi) is 6.47. The molecule has 1 aliphatic heterocycles. The van der Waals surface area contributed by atoms with Crippen molar-refractivity contribution in [1.29, 1.82) is 0 Å². The van der Waals surface area contributed by atoms with E-state index in [-0.39, 0.29) is 12.4 Å². The molecule has 0 aliphatic carbocycles. The molecule has 1 aromatic rings. The Morgan fingerprint density at radius 2 is 2.28 bits per heavy atom. The summed E-state index contributed by atoms with van der Waals surface area (Å²) in [7, 11) is 0. The molecule has 1 aromatic carbocycles. The fourth-order valence-electron chi connectivity index (χ4n) is 2.41. The van der Waals surface area contributed by atoms with Crippen LogP contribution in [0.25, 0.3) is 0 Å². The molecule has 2 N–H and O–H groups in total. The van der Waals surface area contributed by atoms with Gasteiger partial charge in [-0.3, -0.25) is 4.90 Å². The zero-order valence-electron chi connectivity index (χ0n) is 11.0. The Balaban J connectivity index is 0.00000162. The maximum atomic E-state index is 5.71. The molecule has 0 saturated carbocycles. The zero-order valence-corrected chi connectivity index (χ0v) is 11.8. The number of hydrogen-bond acceptors (Lipinski definition) is 3. The average Bonchev–Trinajstić information content (AvgIpc) is 2.78. The molecule has 0 bridgehead atoms. The Hall–Kier alpha value is -0.770. The van der Waals surface area contributed by atoms with E-state index in [2.05, 4.69) is 23.1 Å². The third kappa shape index (κ3) is 4.16. The fourth-order valence-corrected chi connectivity index (χ4v) is 2.41. The van der Waals surface area contributed by atoms with Gasteiger partial charge < -0.3 is 10.5 Å². The minimum Gasteiger partial charge on any atom is -0.494 e. The molecule has 1 atom stereocenters. The second-order valence-corrected chi connectivity index (χ2v) is 4.71. The molecule has 1 aliphatic rings. The van der Waals surface area contributed by atoms with Gasteiger partial charge in [0.1, 0.15) is 5.75 Å². The van der Waals surface area contributed by atoms with Gasteiger partial charge in [0.05, 0.1) is 6.61 Å². The van der Waals surface area contributed by atoms with Gasteiger partial charge in [-0.25, -0.2) is 0 Å². The Morgan fingerprint density at radius 1 is 1.44 bits per heavy atom. The predicted molar refractivity (Wildman–Crippen MR) is 77.3 cm³/mol. The highest BCUT2D eigenvalue weighted by atomic mass is 35.5. The molecule has 1 heterocycles. The fraction of sp³-hybridized carbons (Fsp3) is 0.571. The van der Waals surface area contributed by atoms with Gasteiger partial charge in [0.25, 0.3) is 0 Å². The zero-order chi connectivity index (χ0) is 12.1. The molecular formula is C14H23ClN2O. The third-order valence-corrected chi connectivity index (χ3v) is 3.32. The first-order valence-corrected chi connectivity index (χ1v) is 6.46. The number of hydrogen-bond donors (Lipinski definition) is 1. The minimum absolute atomic E-state index is 0. The summed E-state index contributed by atoms with van der Waals surface area (Å²) in [5.74, 6) is 1.66. The molecule has 0 amide bonds. The quantitative estimate of drug-likeness (QED) is 0.892. The summed E-state index contributed by atoms with van der Waals surface area (Å²) in [6.45, 7) is 6.87. The van der Waals surface area contributed by atoms with Crippen molar-refractivity contribution in [2.75, 3.05) is 26.2 Å². The van der Waals surface area contributed by atoms with E-state index in [0.29, 0.717) is 5.92 Å². The Morgan fingerprint density at radius 3 is 2.94 bits per heavy atom. The summed E-state index contributed by atoms with van der Waals surface area (Å²) >= 11 is 0. The van der Waals surface area contributed by atoms with E-state index < -0.39 is 0 Å². The minimum atomic E-state index is 0. The molecule has 0 radical (unpaired) electrons. The summed E-state index contributed by atoms with van der Waals surface area (Å²) in [6, 6.07) is 8.38. The monoisotopic (exact) mass is 270 g/mol. The Bertz CT molecular complexity index is 359. The molecular weight excluding hydrogens is 248 g/mol. The van der Waals surface area contributed by atoms with Crippen molar-refractivity contribution in [2.45, 2.75) is 19.9 Å². The first-order valence-electron chi connectivity index (χ1n) is 6.46. The molecule has 1 unspecified atom stereocenters. The first kappa shape index (κ1) is 15.3. The van der Waals surface area contributed by atoms with Crippen molar-refractivity contribution in [3.8, 4) is 5.75 Å². The van der Waals surface area contributed by atoms with Gasteiger partial charge in [0.2, 0.25) is 0 Å². The van der Waals surface area contributed by atoms with E-state index in [1.54, 1.807) is 0 Å². The van der Waals surface area contributed by atoms with Gasteiger partial charge in [0.15, 0.2) is 0 Å². The Labute approximate surface area is 116 Å². The number of rotatable bonds is 5. The van der Waals surface area contributed by atoms with Crippen LogP contribution < -0.4 is 10.5 Å². The smallest absolute Gasteiger partial charge is 0.119 e. The molecule has 0 spiro atoms. The summed E-state index contributed by atoms with van der Waals surface area (Å²) < 4.78 is 5.51. The molecule has 102 valence electrons. The highest BCUT2D eigenvalue weighted by molar-refractivity contribution is 5.85. The van der Waals surface area contributed by atoms with Gasteiger partial charge in [-0.15, -0.1) is 12.4 Å². The maximum absolute atomic E-state index is 5.71. The van der Waals surface area contributed by atoms with E-state index >= 15 is 0 Å². The van der Waals surface area contributed by atoms with Crippen LogP contribution in [0.5, 0.6) is 5.75 Å². The van der Waals surface area contributed by atoms with E-state index in [1.807, 2.05) is 13.0 Å². The lowest BCUT2D eigenvalue weighted by molar-refractivity contribution is 0.314. The number of ether oxygens (including phenoxy) is 1. The molecule has 18 heavy (non-hydrogen) atoms. The van der Waals surface area contributed by atoms with Crippen molar-refractivity contribution >= 4 is 12.4 Å². The molecule has 0 aromatic heterocycles. The summed E-state index contributed by atoms with van der Waals surface area (Å²) in [5, 5.41) is 0. The highest BCUT2D eigenvalue weighted by Crippen LogP contribution is 2.20. The van der Waals surface area contributed by atoms with E-state index in [9.17, 15) is 0 Å². The van der Waals surface area contributed by atoms with Crippen LogP contribution in [-0.2, 0) is 6.54 Å². The van der Waals surface area contributed by atoms with Crippen molar-refractivity contribution < 1.29 is 4.74 Å². The highest BCUT2D eigenvalue weighted by Gasteiger charge is 2.20. The van der Waals surface area contributed by atoms with Crippen LogP contribution in [0.4, 0.5) is 0 Å². The summed E-state index contributed by atoms with van der Waals surface area (Å²) in [6.07, 6.45) is 1.24. The van der Waals surface area contributed by atoms with Crippen LogP contribution in [-0.4, -0.2) is 31.1 Å². The van der Waals surface area contributed by atoms with Crippen molar-refractivity contribution in [2.24, 2.45) is 11.7 Å². The third-order valence-electron chi connectivity index (χ3n) is 3.32. The topological polar surface area (TPSA) is 38.5 Å². The molecule has 3 nitrogen and oxygen atoms in total. The van der Waals surface area contributed by atoms with Crippen LogP contribution in [0.2, 0.25) is 0 Å². The van der Waals surface area contributed by atoms with Crippen LogP contribution in [0.15, 0.2) is 24.3 Å². The van der Waals surface area contributed by atoms with Gasteiger partial charge >= 0.3 is 0 Å². The lowest BCUT2D eigenvalue weighted by Crippen LogP contribution is -2.22. The van der Waals surface area contributed by atoms with Gasteiger partial charge in [-0.05, 0) is 50.0 Å². The largest absolute Gasteiger partial charge is 0.494 e. The lowest BCUT2D eigenvalue weighted by Gasteiger charge is -2.16. The molecule has 2 rings (SSSR count). The van der Waals surface area contributed by atoms with Crippen molar-refractivity contribution in [3.63, 3.8) is 0 Å². The molecule has 1 fully saturated rings. The van der Waals surface area contributed by atoms with Crippen molar-refractivity contribution in [1.82, 2.24) is 4.90 Å². The van der Waals surface area contributed by atoms with Crippen LogP contribution in [0.3, 0.4) is 0 Å². The standard InChI is InChI=1S/C14H22N2O.ClH/c1-2-17-14-5-3-4-12(8-14)10-16-7-6-13(9-15)11-16;/h3-5,8,13H,2,6-7,9-11,15H2,1H3;1H. The number of benzene rings is 1. The summed E-state index contributed by atoms with van der Waals surface area (Å²) in [5.41, 5.74) is 7.03. The number of halogens is 1. The molecule has 1 saturated heterocycles. The van der Waals surface area contributed by atoms with Gasteiger partial charge in [-0.2, -0.15) is 0 Å². The van der Waals surface area contributed by atoms with Crippen LogP contribution in [0.1, 0.15) is 18.9 Å². The number of nitrogens with zero attached hydrogens (tertiary/aromatic N) is 1. The van der Waals surface area contributed by atoms with Gasteiger partial charge in [-0.1, -0.05) is 12.1 Å². The van der Waals surface area contributed by atoms with E-state index in [1.165, 1.54) is 18.5 Å². The number of likely N-dealkylation sites (tertiary alicyclic amines) is 1. The summed E-state index contributed by atoms with van der Waals surface area (Å²) in [4.78, 5) is 2.47. The predicted octanol–water partition coefficient (Wildman–Crippen LogP) is 2.29. The van der Waals surface area contributed by atoms with Crippen molar-refractivity contribution in [3.05, 3.63) is 29.8 Å². The SMILES string of the molecule is CCOc1cccc(CN2CCC(CN)C2)c1.Cl. The second kappa shape index (κ2) is 7.62. The normalized spacial score (nSPS) is 19.6. The van der Waals surface area contributed by atoms with Crippen LogP contribution >= 0.6 is 12.4 Å². The van der Waals surface area contributed by atoms with Crippen LogP contribution in [0, 0.1) is 5.92 Å². The van der Waals surface area contributed by atoms with E-state index in [0.717, 1.165) is 32.0 Å². The van der Waals surface area contributed by atoms with E-state index in [4.69, 9.17) is 10.5 Å². The second-order valence-electron chi connectivity index (χ2n) is 4.71. The first-order chi connectivity index (χ1) is 8.31.